The molecule has 0 spiro atoms. The highest BCUT2D eigenvalue weighted by Gasteiger charge is 2.72. The number of aliphatic hydroxyl groups is 2. The standard InChI is InChI=1S/C13H19N5O9P2/c1-5-16-11(14)7-12(17-5)18(4-15-7)8-6-2-13(6,10(20)9(8)19)3-26-29(24,25)27-28(21,22)23/h4,6,8-10,19-20H,2-3H2,1H3,(H,24,25)(H2,14,16,17)(H2,21,22,23)/t6-,8-,9+,10+,13+/m1/s1. The number of nitrogen functional groups attached to an aromatic ring is 1. The molecular formula is C13H19N5O9P2. The summed E-state index contributed by atoms with van der Waals surface area (Å²) in [6.07, 6.45) is -0.860. The highest BCUT2D eigenvalue weighted by atomic mass is 31.3. The smallest absolute Gasteiger partial charge is 0.390 e. The molecule has 7 N–H and O–H groups in total. The second-order valence-electron chi connectivity index (χ2n) is 7.26. The van der Waals surface area contributed by atoms with E-state index in [0.717, 1.165) is 0 Å². The van der Waals surface area contributed by atoms with E-state index in [2.05, 4.69) is 19.3 Å². The number of aromatic nitrogens is 4. The maximum absolute atomic E-state index is 11.7. The molecule has 0 amide bonds. The Balaban J connectivity index is 1.59. The molecule has 0 aliphatic heterocycles. The number of anilines is 1. The number of aliphatic hydroxyl groups excluding tert-OH is 2. The van der Waals surface area contributed by atoms with Gasteiger partial charge in [0.25, 0.3) is 0 Å². The number of phosphoric ester groups is 1. The second kappa shape index (κ2) is 6.51. The molecule has 0 bridgehead atoms. The zero-order valence-corrected chi connectivity index (χ0v) is 16.7. The molecule has 2 aliphatic rings. The van der Waals surface area contributed by atoms with Crippen LogP contribution in [0.3, 0.4) is 0 Å². The van der Waals surface area contributed by atoms with Crippen molar-refractivity contribution < 1.29 is 42.9 Å². The Morgan fingerprint density at radius 3 is 2.66 bits per heavy atom. The quantitative estimate of drug-likeness (QED) is 0.297. The van der Waals surface area contributed by atoms with Gasteiger partial charge in [-0.15, -0.1) is 0 Å². The third-order valence-corrected chi connectivity index (χ3v) is 7.57. The average molecular weight is 451 g/mol. The molecular weight excluding hydrogens is 432 g/mol. The predicted octanol–water partition coefficient (Wildman–Crippen LogP) is -0.774. The lowest BCUT2D eigenvalue weighted by molar-refractivity contribution is -0.0297. The highest BCUT2D eigenvalue weighted by molar-refractivity contribution is 7.60. The van der Waals surface area contributed by atoms with Gasteiger partial charge in [0.15, 0.2) is 11.5 Å². The number of nitrogens with zero attached hydrogens (tertiary/aromatic N) is 4. The summed E-state index contributed by atoms with van der Waals surface area (Å²) in [6, 6.07) is -0.673. The molecule has 1 unspecified atom stereocenters. The lowest BCUT2D eigenvalue weighted by atomic mass is 10.0. The normalized spacial score (nSPS) is 33.6. The van der Waals surface area contributed by atoms with Gasteiger partial charge in [-0.3, -0.25) is 4.52 Å². The SMILES string of the molecule is Cc1nc(N)c2ncn([C@H]3[C@H](O)[C@H](O)[C@]4(COP(=O)(O)OP(=O)(O)O)C[C@H]34)c2n1. The largest absolute Gasteiger partial charge is 0.481 e. The van der Waals surface area contributed by atoms with Gasteiger partial charge in [0.1, 0.15) is 17.4 Å². The molecule has 2 heterocycles. The van der Waals surface area contributed by atoms with Crippen LogP contribution in [0.5, 0.6) is 0 Å². The maximum Gasteiger partial charge on any atom is 0.481 e. The van der Waals surface area contributed by atoms with Crippen LogP contribution in [-0.4, -0.2) is 63.2 Å². The molecule has 160 valence electrons. The summed E-state index contributed by atoms with van der Waals surface area (Å²) in [7, 11) is -10.3. The number of phosphoric acid groups is 2. The van der Waals surface area contributed by atoms with E-state index in [9.17, 15) is 24.2 Å². The van der Waals surface area contributed by atoms with Crippen LogP contribution in [0, 0.1) is 18.3 Å². The van der Waals surface area contributed by atoms with E-state index in [-0.39, 0.29) is 11.7 Å². The van der Waals surface area contributed by atoms with Crippen molar-refractivity contribution in [1.29, 1.82) is 0 Å². The van der Waals surface area contributed by atoms with E-state index in [1.54, 1.807) is 11.5 Å². The number of hydrogen-bond donors (Lipinski definition) is 6. The first-order valence-corrected chi connectivity index (χ1v) is 11.4. The van der Waals surface area contributed by atoms with E-state index in [1.807, 2.05) is 0 Å². The summed E-state index contributed by atoms with van der Waals surface area (Å²) in [4.78, 5) is 39.3. The van der Waals surface area contributed by atoms with Crippen LogP contribution >= 0.6 is 15.6 Å². The van der Waals surface area contributed by atoms with Gasteiger partial charge in [0.05, 0.1) is 25.1 Å². The molecule has 6 atom stereocenters. The van der Waals surface area contributed by atoms with Crippen LogP contribution in [0.1, 0.15) is 18.3 Å². The van der Waals surface area contributed by atoms with E-state index >= 15 is 0 Å². The van der Waals surface area contributed by atoms with Crippen LogP contribution < -0.4 is 5.73 Å². The molecule has 2 aliphatic carbocycles. The van der Waals surface area contributed by atoms with Crippen molar-refractivity contribution in [2.45, 2.75) is 31.6 Å². The Kier molecular flexibility index (Phi) is 4.67. The van der Waals surface area contributed by atoms with Crippen LogP contribution in [-0.2, 0) is 18.0 Å². The molecule has 29 heavy (non-hydrogen) atoms. The average Bonchev–Trinajstić information content (AvgIpc) is 3.07. The van der Waals surface area contributed by atoms with Crippen LogP contribution in [0.4, 0.5) is 5.82 Å². The van der Waals surface area contributed by atoms with Gasteiger partial charge in [-0.25, -0.2) is 24.1 Å². The van der Waals surface area contributed by atoms with Crippen molar-refractivity contribution in [3.8, 4) is 0 Å². The predicted molar refractivity (Wildman–Crippen MR) is 95.0 cm³/mol. The Morgan fingerprint density at radius 2 is 2.00 bits per heavy atom. The topological polar surface area (TPSA) is 223 Å². The van der Waals surface area contributed by atoms with Gasteiger partial charge in [-0.1, -0.05) is 0 Å². The summed E-state index contributed by atoms with van der Waals surface area (Å²) in [6.45, 7) is 1.09. The summed E-state index contributed by atoms with van der Waals surface area (Å²) < 4.78 is 32.5. The lowest BCUT2D eigenvalue weighted by Gasteiger charge is -2.24. The summed E-state index contributed by atoms with van der Waals surface area (Å²) >= 11 is 0. The lowest BCUT2D eigenvalue weighted by Crippen LogP contribution is -2.35. The monoisotopic (exact) mass is 451 g/mol. The van der Waals surface area contributed by atoms with Gasteiger partial charge in [-0.2, -0.15) is 4.31 Å². The van der Waals surface area contributed by atoms with Crippen molar-refractivity contribution in [1.82, 2.24) is 19.5 Å². The number of hydrogen-bond acceptors (Lipinski definition) is 10. The van der Waals surface area contributed by atoms with E-state index in [1.165, 1.54) is 6.33 Å². The van der Waals surface area contributed by atoms with E-state index in [0.29, 0.717) is 23.4 Å². The Bertz CT molecular complexity index is 1070. The molecule has 0 aromatic carbocycles. The summed E-state index contributed by atoms with van der Waals surface area (Å²) in [5, 5.41) is 21.1. The number of aryl methyl sites for hydroxylation is 1. The third-order valence-electron chi connectivity index (χ3n) is 5.44. The van der Waals surface area contributed by atoms with E-state index in [4.69, 9.17) is 20.0 Å². The molecule has 14 nitrogen and oxygen atoms in total. The molecule has 2 fully saturated rings. The van der Waals surface area contributed by atoms with Gasteiger partial charge < -0.3 is 35.2 Å². The van der Waals surface area contributed by atoms with Crippen molar-refractivity contribution in [2.24, 2.45) is 11.3 Å². The first-order valence-electron chi connectivity index (χ1n) is 8.42. The fraction of sp³-hybridized carbons (Fsp3) is 0.615. The molecule has 16 heteroatoms. The number of imidazole rings is 1. The fourth-order valence-corrected chi connectivity index (χ4v) is 5.82. The van der Waals surface area contributed by atoms with Crippen molar-refractivity contribution in [3.63, 3.8) is 0 Å². The van der Waals surface area contributed by atoms with Gasteiger partial charge >= 0.3 is 15.6 Å². The van der Waals surface area contributed by atoms with Crippen LogP contribution in [0.15, 0.2) is 6.33 Å². The molecule has 0 saturated heterocycles. The molecule has 2 aromatic heterocycles. The first kappa shape index (κ1) is 20.8. The number of rotatable bonds is 6. The van der Waals surface area contributed by atoms with Gasteiger partial charge in [0.2, 0.25) is 0 Å². The minimum absolute atomic E-state index is 0.167. The zero-order chi connectivity index (χ0) is 21.4. The first-order chi connectivity index (χ1) is 13.3. The minimum Gasteiger partial charge on any atom is -0.390 e. The summed E-state index contributed by atoms with van der Waals surface area (Å²) in [5.41, 5.74) is 5.46. The molecule has 2 saturated carbocycles. The Hall–Kier alpha value is -1.47. The fourth-order valence-electron chi connectivity index (χ4n) is 4.16. The third kappa shape index (κ3) is 3.50. The van der Waals surface area contributed by atoms with Crippen LogP contribution in [0.2, 0.25) is 0 Å². The molecule has 0 radical (unpaired) electrons. The highest BCUT2D eigenvalue weighted by Crippen LogP contribution is 2.69. The van der Waals surface area contributed by atoms with Crippen molar-refractivity contribution in [2.75, 3.05) is 12.3 Å². The number of nitrogens with two attached hydrogens (primary N) is 1. The molecule has 2 aromatic rings. The van der Waals surface area contributed by atoms with Gasteiger partial charge in [0, 0.05) is 5.41 Å². The zero-order valence-electron chi connectivity index (χ0n) is 14.9. The van der Waals surface area contributed by atoms with Crippen molar-refractivity contribution in [3.05, 3.63) is 12.2 Å². The van der Waals surface area contributed by atoms with Crippen molar-refractivity contribution >= 4 is 32.6 Å². The van der Waals surface area contributed by atoms with Crippen LogP contribution in [0.25, 0.3) is 11.2 Å². The number of fused-ring (bicyclic) bond motifs is 2. The molecule has 4 rings (SSSR count). The minimum atomic E-state index is -5.26. The second-order valence-corrected chi connectivity index (χ2v) is 10.1. The van der Waals surface area contributed by atoms with E-state index < -0.39 is 45.9 Å². The van der Waals surface area contributed by atoms with Gasteiger partial charge in [-0.05, 0) is 19.3 Å². The summed E-state index contributed by atoms with van der Waals surface area (Å²) in [5.74, 6) is 0.183. The Morgan fingerprint density at radius 1 is 1.31 bits per heavy atom. The maximum atomic E-state index is 11.7. The Labute approximate surface area is 163 Å².